The van der Waals surface area contributed by atoms with Crippen LogP contribution < -0.4 is 4.90 Å². The fourth-order valence-electron chi connectivity index (χ4n) is 3.80. The average molecular weight is 388 g/mol. The van der Waals surface area contributed by atoms with E-state index in [4.69, 9.17) is 4.74 Å². The van der Waals surface area contributed by atoms with Gasteiger partial charge < -0.3 is 14.5 Å². The second-order valence-electron chi connectivity index (χ2n) is 7.10. The summed E-state index contributed by atoms with van der Waals surface area (Å²) in [5, 5.41) is 1.97. The van der Waals surface area contributed by atoms with Crippen LogP contribution >= 0.6 is 11.3 Å². The summed E-state index contributed by atoms with van der Waals surface area (Å²) in [6.07, 6.45) is 2.02. The van der Waals surface area contributed by atoms with Crippen LogP contribution in [0.1, 0.15) is 17.7 Å². The third-order valence-electron chi connectivity index (χ3n) is 5.19. The molecule has 2 fully saturated rings. The lowest BCUT2D eigenvalue weighted by Crippen LogP contribution is -2.62. The third-order valence-corrected chi connectivity index (χ3v) is 6.06. The normalized spacial score (nSPS) is 23.1. The Bertz CT molecular complexity index is 824. The number of hydrogen-bond acceptors (Lipinski definition) is 4. The molecule has 1 atom stereocenters. The van der Waals surface area contributed by atoms with Crippen LogP contribution in [0.4, 0.5) is 10.1 Å². The number of benzene rings is 1. The number of nitrogens with zero attached hydrogens (tertiary/aromatic N) is 2. The topological polar surface area (TPSA) is 49.9 Å². The van der Waals surface area contributed by atoms with E-state index in [1.165, 1.54) is 12.1 Å². The zero-order chi connectivity index (χ0) is 18.9. The molecule has 0 radical (unpaired) electrons. The SMILES string of the molecule is O=C(Cc1cccs1)N1CCCC2(C1)CN(c1ccc(F)cc1)C(=O)CO2. The van der Waals surface area contributed by atoms with Crippen molar-refractivity contribution in [2.75, 3.05) is 31.1 Å². The standard InChI is InChI=1S/C20H21FN2O3S/c21-15-4-6-16(7-5-15)23-14-20(26-12-19(23)25)8-2-9-22(13-20)18(24)11-17-3-1-10-27-17/h1,3-7,10H,2,8-9,11-14H2. The first-order valence-corrected chi connectivity index (χ1v) is 9.93. The minimum Gasteiger partial charge on any atom is -0.361 e. The number of thiophene rings is 1. The highest BCUT2D eigenvalue weighted by molar-refractivity contribution is 7.10. The van der Waals surface area contributed by atoms with Crippen molar-refractivity contribution >= 4 is 28.8 Å². The van der Waals surface area contributed by atoms with Crippen LogP contribution in [-0.4, -0.2) is 48.6 Å². The monoisotopic (exact) mass is 388 g/mol. The van der Waals surface area contributed by atoms with E-state index in [9.17, 15) is 14.0 Å². The summed E-state index contributed by atoms with van der Waals surface area (Å²) < 4.78 is 19.2. The lowest BCUT2D eigenvalue weighted by molar-refractivity contribution is -0.153. The van der Waals surface area contributed by atoms with Gasteiger partial charge in [0.15, 0.2) is 0 Å². The molecule has 0 saturated carbocycles. The van der Waals surface area contributed by atoms with Gasteiger partial charge in [-0.2, -0.15) is 0 Å². The molecule has 1 unspecified atom stereocenters. The van der Waals surface area contributed by atoms with Gasteiger partial charge in [-0.15, -0.1) is 11.3 Å². The average Bonchev–Trinajstić information content (AvgIpc) is 3.18. The predicted molar refractivity (Wildman–Crippen MR) is 101 cm³/mol. The summed E-state index contributed by atoms with van der Waals surface area (Å²) in [7, 11) is 0. The van der Waals surface area contributed by atoms with Crippen molar-refractivity contribution in [2.24, 2.45) is 0 Å². The summed E-state index contributed by atoms with van der Waals surface area (Å²) in [6, 6.07) is 9.82. The van der Waals surface area contributed by atoms with Crippen LogP contribution in [0.25, 0.3) is 0 Å². The number of carbonyl (C=O) groups excluding carboxylic acids is 2. The molecule has 1 aromatic heterocycles. The molecule has 2 saturated heterocycles. The van der Waals surface area contributed by atoms with E-state index in [0.717, 1.165) is 17.7 Å². The van der Waals surface area contributed by atoms with Crippen molar-refractivity contribution in [3.05, 3.63) is 52.5 Å². The van der Waals surface area contributed by atoms with Gasteiger partial charge in [0.25, 0.3) is 5.91 Å². The van der Waals surface area contributed by atoms with Crippen LogP contribution in [0.3, 0.4) is 0 Å². The largest absolute Gasteiger partial charge is 0.361 e. The second-order valence-corrected chi connectivity index (χ2v) is 8.14. The Morgan fingerprint density at radius 2 is 2.04 bits per heavy atom. The molecule has 142 valence electrons. The van der Waals surface area contributed by atoms with E-state index in [1.807, 2.05) is 22.4 Å². The van der Waals surface area contributed by atoms with Crippen LogP contribution in [0.2, 0.25) is 0 Å². The smallest absolute Gasteiger partial charge is 0.253 e. The summed E-state index contributed by atoms with van der Waals surface area (Å²) in [5.41, 5.74) is 0.0946. The lowest BCUT2D eigenvalue weighted by Gasteiger charge is -2.47. The Morgan fingerprint density at radius 3 is 2.78 bits per heavy atom. The molecule has 7 heteroatoms. The molecule has 0 N–H and O–H groups in total. The summed E-state index contributed by atoms with van der Waals surface area (Å²) >= 11 is 1.58. The Labute approximate surface area is 161 Å². The fraction of sp³-hybridized carbons (Fsp3) is 0.400. The Balaban J connectivity index is 1.49. The number of rotatable bonds is 3. The van der Waals surface area contributed by atoms with Crippen molar-refractivity contribution < 1.29 is 18.7 Å². The molecule has 2 aromatic rings. The highest BCUT2D eigenvalue weighted by Gasteiger charge is 2.44. The van der Waals surface area contributed by atoms with Gasteiger partial charge in [-0.3, -0.25) is 9.59 Å². The molecule has 2 amide bonds. The van der Waals surface area contributed by atoms with Gasteiger partial charge in [0.05, 0.1) is 19.5 Å². The molecule has 0 bridgehead atoms. The number of piperidine rings is 1. The first-order valence-electron chi connectivity index (χ1n) is 9.05. The second kappa shape index (κ2) is 7.40. The van der Waals surface area contributed by atoms with Crippen LogP contribution in [-0.2, 0) is 20.7 Å². The van der Waals surface area contributed by atoms with E-state index in [0.29, 0.717) is 31.7 Å². The number of morpholine rings is 1. The van der Waals surface area contributed by atoms with E-state index in [1.54, 1.807) is 28.4 Å². The number of likely N-dealkylation sites (tertiary alicyclic amines) is 1. The number of halogens is 1. The van der Waals surface area contributed by atoms with Crippen molar-refractivity contribution in [3.63, 3.8) is 0 Å². The molecular formula is C20H21FN2O3S. The third kappa shape index (κ3) is 3.89. The Morgan fingerprint density at radius 1 is 1.22 bits per heavy atom. The van der Waals surface area contributed by atoms with E-state index in [-0.39, 0.29) is 24.2 Å². The summed E-state index contributed by atoms with van der Waals surface area (Å²) in [5.74, 6) is -0.392. The minimum absolute atomic E-state index is 0.0235. The fourth-order valence-corrected chi connectivity index (χ4v) is 4.50. The zero-order valence-electron chi connectivity index (χ0n) is 14.9. The van der Waals surface area contributed by atoms with Crippen molar-refractivity contribution in [1.29, 1.82) is 0 Å². The van der Waals surface area contributed by atoms with Crippen molar-refractivity contribution in [1.82, 2.24) is 4.90 Å². The molecule has 1 spiro atoms. The highest BCUT2D eigenvalue weighted by atomic mass is 32.1. The van der Waals surface area contributed by atoms with Gasteiger partial charge in [0.1, 0.15) is 18.0 Å². The van der Waals surface area contributed by atoms with Gasteiger partial charge in [-0.1, -0.05) is 6.07 Å². The van der Waals surface area contributed by atoms with Crippen LogP contribution in [0, 0.1) is 5.82 Å². The van der Waals surface area contributed by atoms with Crippen molar-refractivity contribution in [3.8, 4) is 0 Å². The number of hydrogen-bond donors (Lipinski definition) is 0. The summed E-state index contributed by atoms with van der Waals surface area (Å²) in [4.78, 5) is 29.6. The maximum absolute atomic E-state index is 13.2. The number of anilines is 1. The predicted octanol–water partition coefficient (Wildman–Crippen LogP) is 2.85. The molecular weight excluding hydrogens is 367 g/mol. The highest BCUT2D eigenvalue weighted by Crippen LogP contribution is 2.32. The zero-order valence-corrected chi connectivity index (χ0v) is 15.7. The van der Waals surface area contributed by atoms with Crippen LogP contribution in [0.5, 0.6) is 0 Å². The molecule has 5 nitrogen and oxygen atoms in total. The Kier molecular flexibility index (Phi) is 4.97. The Hall–Kier alpha value is -2.25. The van der Waals surface area contributed by atoms with Gasteiger partial charge in [0, 0.05) is 17.1 Å². The minimum atomic E-state index is -0.564. The van der Waals surface area contributed by atoms with Gasteiger partial charge in [0.2, 0.25) is 5.91 Å². The molecule has 2 aliphatic heterocycles. The van der Waals surface area contributed by atoms with Gasteiger partial charge in [-0.05, 0) is 48.6 Å². The number of carbonyl (C=O) groups is 2. The molecule has 2 aliphatic rings. The maximum atomic E-state index is 13.2. The summed E-state index contributed by atoms with van der Waals surface area (Å²) in [6.45, 7) is 1.53. The van der Waals surface area contributed by atoms with Crippen molar-refractivity contribution in [2.45, 2.75) is 24.9 Å². The maximum Gasteiger partial charge on any atom is 0.253 e. The van der Waals surface area contributed by atoms with Gasteiger partial charge in [-0.25, -0.2) is 4.39 Å². The van der Waals surface area contributed by atoms with Crippen LogP contribution in [0.15, 0.2) is 41.8 Å². The molecule has 27 heavy (non-hydrogen) atoms. The number of ether oxygens (including phenoxy) is 1. The van der Waals surface area contributed by atoms with E-state index >= 15 is 0 Å². The first kappa shape index (κ1) is 18.1. The molecule has 3 heterocycles. The number of amides is 2. The molecule has 4 rings (SSSR count). The quantitative estimate of drug-likeness (QED) is 0.813. The molecule has 0 aliphatic carbocycles. The van der Waals surface area contributed by atoms with Gasteiger partial charge >= 0.3 is 0 Å². The molecule has 1 aromatic carbocycles. The lowest BCUT2D eigenvalue weighted by atomic mass is 9.90. The first-order chi connectivity index (χ1) is 13.0. The van der Waals surface area contributed by atoms with E-state index < -0.39 is 5.60 Å². The van der Waals surface area contributed by atoms with E-state index in [2.05, 4.69) is 0 Å².